The number of carbonyl (C=O) groups is 1. The van der Waals surface area contributed by atoms with E-state index in [0.29, 0.717) is 5.69 Å². The molecule has 4 rings (SSSR count). The summed E-state index contributed by atoms with van der Waals surface area (Å²) in [5.74, 6) is -0.586. The van der Waals surface area contributed by atoms with Gasteiger partial charge in [0.05, 0.1) is 17.8 Å². The van der Waals surface area contributed by atoms with Gasteiger partial charge >= 0.3 is 6.18 Å². The molecule has 162 valence electrons. The second kappa shape index (κ2) is 8.75. The predicted molar refractivity (Wildman–Crippen MR) is 115 cm³/mol. The monoisotopic (exact) mass is 456 g/mol. The average Bonchev–Trinajstić information content (AvgIpc) is 3.24. The first-order valence-electron chi connectivity index (χ1n) is 9.36. The summed E-state index contributed by atoms with van der Waals surface area (Å²) in [5.41, 5.74) is 0.316. The van der Waals surface area contributed by atoms with E-state index in [1.165, 1.54) is 28.9 Å². The number of hydrogen-bond acceptors (Lipinski definition) is 5. The number of hydrogen-bond donors (Lipinski definition) is 1. The summed E-state index contributed by atoms with van der Waals surface area (Å²) in [6, 6.07) is 16.6. The molecule has 32 heavy (non-hydrogen) atoms. The SMILES string of the molecule is O=C(Nc1nc(-c2cccc(C(F)(F)F)c2)cs1)c1ccc(=O)n(Cc2ccccc2)n1. The van der Waals surface area contributed by atoms with Crippen LogP contribution in [0.25, 0.3) is 11.3 Å². The highest BCUT2D eigenvalue weighted by Crippen LogP contribution is 2.33. The molecule has 6 nitrogen and oxygen atoms in total. The molecule has 0 aliphatic rings. The van der Waals surface area contributed by atoms with Gasteiger partial charge in [0.25, 0.3) is 11.5 Å². The highest BCUT2D eigenvalue weighted by atomic mass is 32.1. The second-order valence-electron chi connectivity index (χ2n) is 6.77. The van der Waals surface area contributed by atoms with Crippen LogP contribution in [0.5, 0.6) is 0 Å². The standard InChI is InChI=1S/C22H15F3N4O2S/c23-22(24,25)16-8-4-7-15(11-16)18-13-32-21(26-18)27-20(31)17-9-10-19(30)29(28-17)12-14-5-2-1-3-6-14/h1-11,13H,12H2,(H,26,27,31). The zero-order valence-electron chi connectivity index (χ0n) is 16.3. The van der Waals surface area contributed by atoms with Crippen LogP contribution in [0.1, 0.15) is 21.6 Å². The Kier molecular flexibility index (Phi) is 5.87. The maximum atomic E-state index is 12.9. The lowest BCUT2D eigenvalue weighted by molar-refractivity contribution is -0.137. The molecule has 2 heterocycles. The number of nitrogens with zero attached hydrogens (tertiary/aromatic N) is 3. The van der Waals surface area contributed by atoms with Crippen LogP contribution in [0.15, 0.2) is 76.9 Å². The molecule has 0 radical (unpaired) electrons. The van der Waals surface area contributed by atoms with Crippen LogP contribution in [0.4, 0.5) is 18.3 Å². The number of alkyl halides is 3. The van der Waals surface area contributed by atoms with Crippen molar-refractivity contribution >= 4 is 22.4 Å². The number of benzene rings is 2. The molecule has 1 N–H and O–H groups in total. The minimum Gasteiger partial charge on any atom is -0.296 e. The third-order valence-corrected chi connectivity index (χ3v) is 5.24. The van der Waals surface area contributed by atoms with Crippen molar-refractivity contribution in [3.8, 4) is 11.3 Å². The number of rotatable bonds is 5. The van der Waals surface area contributed by atoms with Crippen LogP contribution in [0.3, 0.4) is 0 Å². The van der Waals surface area contributed by atoms with Crippen molar-refractivity contribution in [2.75, 3.05) is 5.32 Å². The third kappa shape index (κ3) is 4.92. The first kappa shape index (κ1) is 21.4. The van der Waals surface area contributed by atoms with E-state index in [9.17, 15) is 22.8 Å². The summed E-state index contributed by atoms with van der Waals surface area (Å²) in [4.78, 5) is 28.9. The molecule has 0 atom stereocenters. The summed E-state index contributed by atoms with van der Waals surface area (Å²) in [7, 11) is 0. The Labute approximate surface area is 184 Å². The third-order valence-electron chi connectivity index (χ3n) is 4.48. The van der Waals surface area contributed by atoms with Gasteiger partial charge in [-0.25, -0.2) is 9.67 Å². The average molecular weight is 456 g/mol. The van der Waals surface area contributed by atoms with Gasteiger partial charge in [-0.15, -0.1) is 11.3 Å². The number of amides is 1. The Morgan fingerprint density at radius 3 is 2.56 bits per heavy atom. The Morgan fingerprint density at radius 1 is 1.03 bits per heavy atom. The van der Waals surface area contributed by atoms with Gasteiger partial charge in [0.15, 0.2) is 5.13 Å². The molecule has 0 fully saturated rings. The van der Waals surface area contributed by atoms with E-state index in [0.717, 1.165) is 29.0 Å². The summed E-state index contributed by atoms with van der Waals surface area (Å²) < 4.78 is 40.0. The van der Waals surface area contributed by atoms with Gasteiger partial charge in [0.1, 0.15) is 5.69 Å². The van der Waals surface area contributed by atoms with Crippen LogP contribution in [0.2, 0.25) is 0 Å². The van der Waals surface area contributed by atoms with Gasteiger partial charge in [-0.2, -0.15) is 18.3 Å². The van der Waals surface area contributed by atoms with Crippen LogP contribution < -0.4 is 10.9 Å². The number of thiazole rings is 1. The number of nitrogens with one attached hydrogen (secondary N) is 1. The minimum absolute atomic E-state index is 0.0105. The van der Waals surface area contributed by atoms with E-state index in [2.05, 4.69) is 15.4 Å². The van der Waals surface area contributed by atoms with Crippen molar-refractivity contribution in [3.05, 3.63) is 99.3 Å². The molecular weight excluding hydrogens is 441 g/mol. The first-order chi connectivity index (χ1) is 15.3. The van der Waals surface area contributed by atoms with Crippen LogP contribution in [0, 0.1) is 0 Å². The molecule has 0 unspecified atom stereocenters. The summed E-state index contributed by atoms with van der Waals surface area (Å²) in [5, 5.41) is 8.43. The van der Waals surface area contributed by atoms with E-state index in [-0.39, 0.29) is 28.5 Å². The summed E-state index contributed by atoms with van der Waals surface area (Å²) >= 11 is 1.07. The smallest absolute Gasteiger partial charge is 0.296 e. The zero-order chi connectivity index (χ0) is 22.7. The zero-order valence-corrected chi connectivity index (χ0v) is 17.2. The van der Waals surface area contributed by atoms with Crippen molar-refractivity contribution in [1.29, 1.82) is 0 Å². The van der Waals surface area contributed by atoms with Crippen LogP contribution in [-0.2, 0) is 12.7 Å². The lowest BCUT2D eigenvalue weighted by atomic mass is 10.1. The maximum Gasteiger partial charge on any atom is 0.416 e. The molecule has 0 saturated heterocycles. The quantitative estimate of drug-likeness (QED) is 0.473. The largest absolute Gasteiger partial charge is 0.416 e. The first-order valence-corrected chi connectivity index (χ1v) is 10.2. The van der Waals surface area contributed by atoms with Crippen LogP contribution >= 0.6 is 11.3 Å². The number of anilines is 1. The molecular formula is C22H15F3N4O2S. The van der Waals surface area contributed by atoms with Gasteiger partial charge in [-0.1, -0.05) is 42.5 Å². The predicted octanol–water partition coefficient (Wildman–Crippen LogP) is 4.69. The van der Waals surface area contributed by atoms with Crippen molar-refractivity contribution in [1.82, 2.24) is 14.8 Å². The summed E-state index contributed by atoms with van der Waals surface area (Å²) in [6.07, 6.45) is -4.46. The highest BCUT2D eigenvalue weighted by molar-refractivity contribution is 7.14. The Balaban J connectivity index is 1.51. The Bertz CT molecular complexity index is 1320. The molecule has 0 spiro atoms. The minimum atomic E-state index is -4.46. The van der Waals surface area contributed by atoms with Gasteiger partial charge in [-0.3, -0.25) is 14.9 Å². The van der Waals surface area contributed by atoms with Crippen molar-refractivity contribution in [2.24, 2.45) is 0 Å². The molecule has 10 heteroatoms. The number of carbonyl (C=O) groups excluding carboxylic acids is 1. The number of aromatic nitrogens is 3. The molecule has 0 aliphatic heterocycles. The topological polar surface area (TPSA) is 76.9 Å². The fraction of sp³-hybridized carbons (Fsp3) is 0.0909. The molecule has 1 amide bonds. The van der Waals surface area contributed by atoms with Gasteiger partial charge in [-0.05, 0) is 23.8 Å². The van der Waals surface area contributed by atoms with Gasteiger partial charge in [0, 0.05) is 17.0 Å². The van der Waals surface area contributed by atoms with E-state index in [1.807, 2.05) is 30.3 Å². The van der Waals surface area contributed by atoms with E-state index < -0.39 is 17.6 Å². The van der Waals surface area contributed by atoms with E-state index in [4.69, 9.17) is 0 Å². The fourth-order valence-corrected chi connectivity index (χ4v) is 3.63. The molecule has 4 aromatic rings. The lowest BCUT2D eigenvalue weighted by Gasteiger charge is -2.07. The molecule has 0 aliphatic carbocycles. The van der Waals surface area contributed by atoms with Gasteiger partial charge in [0.2, 0.25) is 0 Å². The highest BCUT2D eigenvalue weighted by Gasteiger charge is 2.30. The van der Waals surface area contributed by atoms with Crippen molar-refractivity contribution < 1.29 is 18.0 Å². The number of halogens is 3. The maximum absolute atomic E-state index is 12.9. The normalized spacial score (nSPS) is 11.3. The lowest BCUT2D eigenvalue weighted by Crippen LogP contribution is -2.26. The molecule has 0 saturated carbocycles. The summed E-state index contributed by atoms with van der Waals surface area (Å²) in [6.45, 7) is 0.206. The van der Waals surface area contributed by atoms with Crippen molar-refractivity contribution in [2.45, 2.75) is 12.7 Å². The van der Waals surface area contributed by atoms with E-state index >= 15 is 0 Å². The Hall–Kier alpha value is -3.79. The van der Waals surface area contributed by atoms with Crippen molar-refractivity contribution in [3.63, 3.8) is 0 Å². The fourth-order valence-electron chi connectivity index (χ4n) is 2.92. The molecule has 2 aromatic heterocycles. The van der Waals surface area contributed by atoms with Gasteiger partial charge < -0.3 is 0 Å². The van der Waals surface area contributed by atoms with E-state index in [1.54, 1.807) is 5.38 Å². The second-order valence-corrected chi connectivity index (χ2v) is 7.63. The Morgan fingerprint density at radius 2 is 1.81 bits per heavy atom. The van der Waals surface area contributed by atoms with Crippen LogP contribution in [-0.4, -0.2) is 20.7 Å². The molecule has 2 aromatic carbocycles. The molecule has 0 bridgehead atoms.